The summed E-state index contributed by atoms with van der Waals surface area (Å²) in [4.78, 5) is 12.2. The summed E-state index contributed by atoms with van der Waals surface area (Å²) >= 11 is 0. The van der Waals surface area contributed by atoms with Crippen LogP contribution in [-0.2, 0) is 20.7 Å². The zero-order valence-corrected chi connectivity index (χ0v) is 14.6. The number of fused-ring (bicyclic) bond motifs is 1. The maximum Gasteiger partial charge on any atom is 0.224 e. The summed E-state index contributed by atoms with van der Waals surface area (Å²) in [5.74, 6) is 0.359. The van der Waals surface area contributed by atoms with E-state index in [4.69, 9.17) is 9.47 Å². The van der Waals surface area contributed by atoms with Crippen molar-refractivity contribution in [3.8, 4) is 0 Å². The van der Waals surface area contributed by atoms with Gasteiger partial charge < -0.3 is 14.8 Å². The molecule has 25 heavy (non-hydrogen) atoms. The van der Waals surface area contributed by atoms with Gasteiger partial charge in [0.15, 0.2) is 5.79 Å². The molecule has 1 amide bonds. The number of carbonyl (C=O) groups is 1. The lowest BCUT2D eigenvalue weighted by molar-refractivity contribution is -0.191. The average molecular weight is 343 g/mol. The van der Waals surface area contributed by atoms with E-state index in [0.717, 1.165) is 48.1 Å². The molecular weight excluding hydrogens is 318 g/mol. The first-order valence-corrected chi connectivity index (χ1v) is 9.12. The first-order chi connectivity index (χ1) is 12.1. The Bertz CT molecular complexity index is 749. The number of nitrogens with zero attached hydrogens (tertiary/aromatic N) is 1. The second-order valence-electron chi connectivity index (χ2n) is 7.42. The van der Waals surface area contributed by atoms with Crippen LogP contribution in [0.1, 0.15) is 38.2 Å². The van der Waals surface area contributed by atoms with Crippen molar-refractivity contribution in [2.45, 2.75) is 50.9 Å². The molecule has 4 rings (SSSR count). The van der Waals surface area contributed by atoms with Gasteiger partial charge in [-0.2, -0.15) is 5.10 Å². The zero-order chi connectivity index (χ0) is 17.3. The van der Waals surface area contributed by atoms with Crippen LogP contribution in [0.5, 0.6) is 0 Å². The molecule has 1 saturated heterocycles. The highest BCUT2D eigenvalue weighted by molar-refractivity contribution is 5.82. The van der Waals surface area contributed by atoms with Crippen molar-refractivity contribution < 1.29 is 14.3 Å². The number of amides is 1. The average Bonchev–Trinajstić information content (AvgIpc) is 3.23. The lowest BCUT2D eigenvalue weighted by Crippen LogP contribution is -2.38. The number of rotatable bonds is 4. The minimum absolute atomic E-state index is 0.000631. The summed E-state index contributed by atoms with van der Waals surface area (Å²) in [6, 6.07) is 5.91. The fourth-order valence-corrected chi connectivity index (χ4v) is 3.75. The van der Waals surface area contributed by atoms with Crippen LogP contribution in [0.3, 0.4) is 0 Å². The third kappa shape index (κ3) is 3.70. The molecule has 1 aliphatic heterocycles. The number of benzene rings is 1. The highest BCUT2D eigenvalue weighted by Gasteiger charge is 2.43. The lowest BCUT2D eigenvalue weighted by atomic mass is 9.86. The molecule has 2 aliphatic rings. The van der Waals surface area contributed by atoms with Crippen molar-refractivity contribution in [1.29, 1.82) is 0 Å². The molecular formula is C19H25N3O3. The Balaban J connectivity index is 1.26. The van der Waals surface area contributed by atoms with E-state index in [-0.39, 0.29) is 12.0 Å². The standard InChI is InChI=1S/C19H25N3O3/c1-13-4-6-19(7-5-13)24-12-16(25-19)11-20-18(23)9-14-2-3-15-10-21-22-17(15)8-14/h2-3,8,10,13,16H,4-7,9,11-12H2,1H3,(H,20,23)(H,21,22)/t13?,16-,19?/m1/s1. The molecule has 1 aromatic heterocycles. The number of aromatic nitrogens is 2. The van der Waals surface area contributed by atoms with Crippen LogP contribution in [0, 0.1) is 5.92 Å². The van der Waals surface area contributed by atoms with E-state index in [1.54, 1.807) is 6.20 Å². The fourth-order valence-electron chi connectivity index (χ4n) is 3.75. The molecule has 2 fully saturated rings. The molecule has 6 nitrogen and oxygen atoms in total. The predicted molar refractivity (Wildman–Crippen MR) is 94.0 cm³/mol. The maximum absolute atomic E-state index is 12.2. The highest BCUT2D eigenvalue weighted by atomic mass is 16.7. The number of aromatic amines is 1. The van der Waals surface area contributed by atoms with Crippen molar-refractivity contribution in [2.75, 3.05) is 13.2 Å². The van der Waals surface area contributed by atoms with E-state index < -0.39 is 5.79 Å². The van der Waals surface area contributed by atoms with E-state index in [9.17, 15) is 4.79 Å². The topological polar surface area (TPSA) is 76.2 Å². The van der Waals surface area contributed by atoms with Crippen LogP contribution in [0.15, 0.2) is 24.4 Å². The third-order valence-electron chi connectivity index (χ3n) is 5.35. The lowest BCUT2D eigenvalue weighted by Gasteiger charge is -2.34. The van der Waals surface area contributed by atoms with Gasteiger partial charge >= 0.3 is 0 Å². The predicted octanol–water partition coefficient (Wildman–Crippen LogP) is 2.54. The van der Waals surface area contributed by atoms with Gasteiger partial charge in [-0.25, -0.2) is 0 Å². The highest BCUT2D eigenvalue weighted by Crippen LogP contribution is 2.39. The Kier molecular flexibility index (Phi) is 4.48. The van der Waals surface area contributed by atoms with Crippen molar-refractivity contribution in [1.82, 2.24) is 15.5 Å². The van der Waals surface area contributed by atoms with Gasteiger partial charge in [-0.1, -0.05) is 19.1 Å². The van der Waals surface area contributed by atoms with Crippen LogP contribution in [-0.4, -0.2) is 41.1 Å². The fraction of sp³-hybridized carbons (Fsp3) is 0.579. The van der Waals surface area contributed by atoms with Crippen LogP contribution in [0.2, 0.25) is 0 Å². The molecule has 1 atom stereocenters. The Morgan fingerprint density at radius 3 is 3.08 bits per heavy atom. The van der Waals surface area contributed by atoms with Gasteiger partial charge in [0.05, 0.1) is 24.7 Å². The van der Waals surface area contributed by atoms with Gasteiger partial charge in [-0.3, -0.25) is 9.89 Å². The molecule has 1 spiro atoms. The zero-order valence-electron chi connectivity index (χ0n) is 14.6. The summed E-state index contributed by atoms with van der Waals surface area (Å²) in [7, 11) is 0. The Labute approximate surface area is 147 Å². The molecule has 0 unspecified atom stereocenters. The van der Waals surface area contributed by atoms with E-state index in [2.05, 4.69) is 22.4 Å². The van der Waals surface area contributed by atoms with Gasteiger partial charge in [0.2, 0.25) is 5.91 Å². The Hall–Kier alpha value is -1.92. The molecule has 1 aromatic carbocycles. The molecule has 134 valence electrons. The molecule has 0 radical (unpaired) electrons. The van der Waals surface area contributed by atoms with E-state index >= 15 is 0 Å². The first kappa shape index (κ1) is 16.5. The number of nitrogens with one attached hydrogen (secondary N) is 2. The van der Waals surface area contributed by atoms with Gasteiger partial charge in [0.1, 0.15) is 6.10 Å². The molecule has 2 heterocycles. The number of H-pyrrole nitrogens is 1. The second-order valence-corrected chi connectivity index (χ2v) is 7.42. The normalized spacial score (nSPS) is 29.3. The van der Waals surface area contributed by atoms with Crippen LogP contribution in [0.25, 0.3) is 10.9 Å². The summed E-state index contributed by atoms with van der Waals surface area (Å²) in [6.07, 6.45) is 6.30. The monoisotopic (exact) mass is 343 g/mol. The molecule has 0 bridgehead atoms. The molecule has 1 aliphatic carbocycles. The van der Waals surface area contributed by atoms with Crippen LogP contribution in [0.4, 0.5) is 0 Å². The molecule has 2 N–H and O–H groups in total. The van der Waals surface area contributed by atoms with Gasteiger partial charge in [0.25, 0.3) is 0 Å². The number of hydrogen-bond donors (Lipinski definition) is 2. The number of carbonyl (C=O) groups excluding carboxylic acids is 1. The van der Waals surface area contributed by atoms with Gasteiger partial charge in [-0.15, -0.1) is 0 Å². The Morgan fingerprint density at radius 2 is 2.24 bits per heavy atom. The minimum Gasteiger partial charge on any atom is -0.353 e. The number of hydrogen-bond acceptors (Lipinski definition) is 4. The first-order valence-electron chi connectivity index (χ1n) is 9.12. The second kappa shape index (κ2) is 6.77. The number of ether oxygens (including phenoxy) is 2. The SMILES string of the molecule is CC1CCC2(CC1)OC[C@@H](CNC(=O)Cc1ccc3cn[nH]c3c1)O2. The van der Waals surface area contributed by atoms with Gasteiger partial charge in [-0.05, 0) is 30.4 Å². The van der Waals surface area contributed by atoms with Crippen LogP contribution >= 0.6 is 0 Å². The van der Waals surface area contributed by atoms with E-state index in [1.807, 2.05) is 18.2 Å². The van der Waals surface area contributed by atoms with Crippen molar-refractivity contribution in [2.24, 2.45) is 5.92 Å². The smallest absolute Gasteiger partial charge is 0.224 e. The Morgan fingerprint density at radius 1 is 1.40 bits per heavy atom. The van der Waals surface area contributed by atoms with E-state index in [1.165, 1.54) is 0 Å². The third-order valence-corrected chi connectivity index (χ3v) is 5.35. The minimum atomic E-state index is -0.395. The van der Waals surface area contributed by atoms with Gasteiger partial charge in [0, 0.05) is 24.8 Å². The summed E-state index contributed by atoms with van der Waals surface area (Å²) in [6.45, 7) is 3.34. The summed E-state index contributed by atoms with van der Waals surface area (Å²) < 4.78 is 12.1. The molecule has 6 heteroatoms. The molecule has 2 aromatic rings. The maximum atomic E-state index is 12.2. The van der Waals surface area contributed by atoms with Crippen LogP contribution < -0.4 is 5.32 Å². The summed E-state index contributed by atoms with van der Waals surface area (Å²) in [5, 5.41) is 11.0. The van der Waals surface area contributed by atoms with Crippen molar-refractivity contribution in [3.05, 3.63) is 30.0 Å². The van der Waals surface area contributed by atoms with Crippen molar-refractivity contribution in [3.63, 3.8) is 0 Å². The largest absolute Gasteiger partial charge is 0.353 e. The van der Waals surface area contributed by atoms with Crippen molar-refractivity contribution >= 4 is 16.8 Å². The molecule has 1 saturated carbocycles. The summed E-state index contributed by atoms with van der Waals surface area (Å²) in [5.41, 5.74) is 1.92. The quantitative estimate of drug-likeness (QED) is 0.894. The van der Waals surface area contributed by atoms with E-state index in [0.29, 0.717) is 19.6 Å².